The minimum atomic E-state index is -3.97. The molecular formula is C36H37Cl3F2N4O7S. The average molecular weight is 814 g/mol. The molecule has 1 atom stereocenters. The van der Waals surface area contributed by atoms with E-state index >= 15 is 0 Å². The molecule has 3 aliphatic rings. The van der Waals surface area contributed by atoms with Crippen LogP contribution in [-0.4, -0.2) is 71.8 Å². The number of alkyl halides is 3. The van der Waals surface area contributed by atoms with Crippen molar-refractivity contribution in [2.45, 2.75) is 79.8 Å². The highest BCUT2D eigenvalue weighted by Crippen LogP contribution is 2.46. The van der Waals surface area contributed by atoms with Gasteiger partial charge in [0.25, 0.3) is 11.5 Å². The topological polar surface area (TPSA) is 121 Å². The normalized spacial score (nSPS) is 17.8. The third-order valence-corrected chi connectivity index (χ3v) is 11.4. The predicted octanol–water partition coefficient (Wildman–Crippen LogP) is 8.75. The Morgan fingerprint density at radius 3 is 2.40 bits per heavy atom. The van der Waals surface area contributed by atoms with Crippen LogP contribution < -0.4 is 15.2 Å². The number of piperidine rings is 1. The van der Waals surface area contributed by atoms with Gasteiger partial charge in [0.1, 0.15) is 22.6 Å². The maximum atomic E-state index is 14.5. The lowest BCUT2D eigenvalue weighted by Gasteiger charge is -2.34. The van der Waals surface area contributed by atoms with E-state index in [1.807, 2.05) is 0 Å². The van der Waals surface area contributed by atoms with Crippen LogP contribution in [-0.2, 0) is 27.9 Å². The van der Waals surface area contributed by atoms with E-state index in [2.05, 4.69) is 4.98 Å². The lowest BCUT2D eigenvalue weighted by atomic mass is 9.91. The van der Waals surface area contributed by atoms with Crippen molar-refractivity contribution < 1.29 is 37.4 Å². The monoisotopic (exact) mass is 812 g/mol. The highest BCUT2D eigenvalue weighted by Gasteiger charge is 2.36. The molecule has 53 heavy (non-hydrogen) atoms. The Morgan fingerprint density at radius 1 is 1.02 bits per heavy atom. The summed E-state index contributed by atoms with van der Waals surface area (Å²) < 4.78 is 45.3. The van der Waals surface area contributed by atoms with Crippen LogP contribution in [0.1, 0.15) is 78.7 Å². The van der Waals surface area contributed by atoms with Crippen molar-refractivity contribution in [2.24, 2.45) is 0 Å². The number of hydrogen-bond donors (Lipinski definition) is 1. The summed E-state index contributed by atoms with van der Waals surface area (Å²) in [5.41, 5.74) is -0.535. The van der Waals surface area contributed by atoms with E-state index < -0.39 is 45.9 Å². The zero-order valence-corrected chi connectivity index (χ0v) is 32.4. The molecular weight excluding hydrogens is 777 g/mol. The molecule has 284 valence electrons. The summed E-state index contributed by atoms with van der Waals surface area (Å²) in [4.78, 5) is 59.8. The molecule has 1 N–H and O–H groups in total. The summed E-state index contributed by atoms with van der Waals surface area (Å²) in [6, 6.07) is 7.75. The van der Waals surface area contributed by atoms with Crippen LogP contribution in [0.4, 0.5) is 24.1 Å². The van der Waals surface area contributed by atoms with Crippen molar-refractivity contribution in [1.29, 1.82) is 0 Å². The fraction of sp³-hybridized carbons (Fsp3) is 0.444. The molecule has 0 spiro atoms. The van der Waals surface area contributed by atoms with Crippen molar-refractivity contribution in [1.82, 2.24) is 14.8 Å². The first-order valence-corrected chi connectivity index (χ1v) is 18.8. The number of methoxy groups -OCH3 is 1. The van der Waals surface area contributed by atoms with Gasteiger partial charge in [0.2, 0.25) is 0 Å². The minimum Gasteiger partial charge on any atom is -0.495 e. The van der Waals surface area contributed by atoms with Gasteiger partial charge >= 0.3 is 17.6 Å². The molecule has 17 heteroatoms. The summed E-state index contributed by atoms with van der Waals surface area (Å²) in [6.07, 6.45) is 1.04. The van der Waals surface area contributed by atoms with Gasteiger partial charge in [-0.05, 0) is 92.6 Å². The highest BCUT2D eigenvalue weighted by atomic mass is 35.5. The number of fused-ring (bicyclic) bond motifs is 1. The van der Waals surface area contributed by atoms with E-state index in [9.17, 15) is 28.0 Å². The van der Waals surface area contributed by atoms with Gasteiger partial charge in [-0.2, -0.15) is 8.78 Å². The molecule has 3 aromatic rings. The predicted molar refractivity (Wildman–Crippen MR) is 197 cm³/mol. The summed E-state index contributed by atoms with van der Waals surface area (Å²) in [5.74, 6) is -0.549. The molecule has 4 heterocycles. The quantitative estimate of drug-likeness (QED) is 0.235. The number of anilines is 1. The zero-order chi connectivity index (χ0) is 38.4. The van der Waals surface area contributed by atoms with E-state index in [0.29, 0.717) is 73.6 Å². The van der Waals surface area contributed by atoms with Gasteiger partial charge in [0.15, 0.2) is 0 Å². The number of aromatic nitrogens is 1. The molecule has 1 unspecified atom stereocenters. The second-order valence-corrected chi connectivity index (χ2v) is 16.3. The largest absolute Gasteiger partial charge is 0.495 e. The number of nitrogens with one attached hydrogen (secondary N) is 1. The fourth-order valence-corrected chi connectivity index (χ4v) is 8.53. The Balaban J connectivity index is 1.33. The smallest absolute Gasteiger partial charge is 0.414 e. The third-order valence-electron chi connectivity index (χ3n) is 9.09. The van der Waals surface area contributed by atoms with Crippen LogP contribution in [0.2, 0.25) is 10.0 Å². The van der Waals surface area contributed by atoms with Crippen LogP contribution in [0.25, 0.3) is 0 Å². The highest BCUT2D eigenvalue weighted by molar-refractivity contribution is 7.99. The molecule has 2 saturated heterocycles. The number of halogens is 5. The number of rotatable bonds is 7. The summed E-state index contributed by atoms with van der Waals surface area (Å²) in [5, 5.41) is -3.61. The lowest BCUT2D eigenvalue weighted by Crippen LogP contribution is -2.42. The van der Waals surface area contributed by atoms with E-state index in [4.69, 9.17) is 49.0 Å². The number of carbonyl (C=O) groups is 3. The van der Waals surface area contributed by atoms with Gasteiger partial charge in [-0.25, -0.2) is 9.59 Å². The Hall–Kier alpha value is -3.72. The maximum Gasteiger partial charge on any atom is 0.414 e. The van der Waals surface area contributed by atoms with Gasteiger partial charge < -0.3 is 29.0 Å². The number of cyclic esters (lactones) is 1. The third kappa shape index (κ3) is 8.35. The Morgan fingerprint density at radius 2 is 1.74 bits per heavy atom. The first-order chi connectivity index (χ1) is 24.9. The van der Waals surface area contributed by atoms with Crippen LogP contribution in [0.3, 0.4) is 0 Å². The molecule has 3 aliphatic heterocycles. The number of benzene rings is 2. The van der Waals surface area contributed by atoms with E-state index in [0.717, 1.165) is 17.8 Å². The van der Waals surface area contributed by atoms with Gasteiger partial charge in [-0.15, -0.1) is 0 Å². The number of ether oxygens (including phenoxy) is 3. The van der Waals surface area contributed by atoms with Crippen LogP contribution in [0, 0.1) is 0 Å². The SMILES string of the molecule is COc1cc2c(cc1N1CCCOC1=O)CN(C(=O)c1c(Sc3c(Cl)ccc(C4CCCN(C(=O)OC(C)(C)C)C4)c3Cl)cc(C(F)(F)Cl)[nH]c1=O)C2. The Kier molecular flexibility index (Phi) is 11.2. The average Bonchev–Trinajstić information content (AvgIpc) is 3.51. The number of carbonyl (C=O) groups excluding carboxylic acids is 3. The number of pyridine rings is 1. The fourth-order valence-electron chi connectivity index (χ4n) is 6.62. The summed E-state index contributed by atoms with van der Waals surface area (Å²) in [6.45, 7) is 7.03. The number of amides is 3. The molecule has 0 aliphatic carbocycles. The Labute approximate surface area is 323 Å². The molecule has 1 aromatic heterocycles. The number of hydrogen-bond acceptors (Lipinski definition) is 8. The molecule has 3 amide bonds. The standard InChI is InChI=1S/C36H37Cl3F2N4O7S/c1-35(2,3)52-33(48)43-10-5-7-19(16-43)22-8-9-23(37)30(29(22)38)53-26-15-27(36(39,40)41)42-31(46)28(26)32(47)44-17-20-13-24(25(50-4)14-21(20)18-44)45-11-6-12-51-34(45)49/h8-9,13-15,19H,5-7,10-12,16-18H2,1-4H3,(H,42,46). The number of aromatic amines is 1. The van der Waals surface area contributed by atoms with Gasteiger partial charge in [0, 0.05) is 48.4 Å². The molecule has 2 aromatic carbocycles. The van der Waals surface area contributed by atoms with Crippen LogP contribution >= 0.6 is 46.6 Å². The maximum absolute atomic E-state index is 14.5. The number of H-pyrrole nitrogens is 1. The van der Waals surface area contributed by atoms with Gasteiger partial charge in [-0.1, -0.05) is 41.0 Å². The van der Waals surface area contributed by atoms with Crippen LogP contribution in [0.5, 0.6) is 5.75 Å². The van der Waals surface area contributed by atoms with Crippen LogP contribution in [0.15, 0.2) is 44.9 Å². The molecule has 11 nitrogen and oxygen atoms in total. The lowest BCUT2D eigenvalue weighted by molar-refractivity contribution is 0.0198. The Bertz CT molecular complexity index is 2020. The summed E-state index contributed by atoms with van der Waals surface area (Å²) >= 11 is 19.8. The zero-order valence-electron chi connectivity index (χ0n) is 29.3. The molecule has 0 bridgehead atoms. The molecule has 0 saturated carbocycles. The first kappa shape index (κ1) is 39.0. The summed E-state index contributed by atoms with van der Waals surface area (Å²) in [7, 11) is 1.46. The second kappa shape index (κ2) is 15.2. The van der Waals surface area contributed by atoms with Crippen molar-refractivity contribution in [3.63, 3.8) is 0 Å². The number of nitrogens with zero attached hydrogens (tertiary/aromatic N) is 3. The van der Waals surface area contributed by atoms with E-state index in [1.54, 1.807) is 49.9 Å². The van der Waals surface area contributed by atoms with E-state index in [1.165, 1.54) is 16.9 Å². The van der Waals surface area contributed by atoms with Gasteiger partial charge in [-0.3, -0.25) is 14.5 Å². The van der Waals surface area contributed by atoms with Crippen molar-refractivity contribution in [3.8, 4) is 5.75 Å². The molecule has 2 fully saturated rings. The van der Waals surface area contributed by atoms with Crippen molar-refractivity contribution in [2.75, 3.05) is 38.3 Å². The van der Waals surface area contributed by atoms with Gasteiger partial charge in [0.05, 0.1) is 29.4 Å². The van der Waals surface area contributed by atoms with Crippen molar-refractivity contribution in [3.05, 3.63) is 78.7 Å². The molecule has 0 radical (unpaired) electrons. The first-order valence-electron chi connectivity index (χ1n) is 16.9. The minimum absolute atomic E-state index is 0.0534. The number of likely N-dealkylation sites (tertiary alicyclic amines) is 1. The molecule has 6 rings (SSSR count). The van der Waals surface area contributed by atoms with E-state index in [-0.39, 0.29) is 38.8 Å². The second-order valence-electron chi connectivity index (χ2n) is 14.0. The van der Waals surface area contributed by atoms with Crippen molar-refractivity contribution >= 4 is 70.3 Å².